The molecule has 1 aromatic rings. The molecule has 0 aliphatic heterocycles. The first-order valence-corrected chi connectivity index (χ1v) is 5.69. The van der Waals surface area contributed by atoms with Crippen molar-refractivity contribution in [3.63, 3.8) is 0 Å². The van der Waals surface area contributed by atoms with E-state index in [-0.39, 0.29) is 16.8 Å². The van der Waals surface area contributed by atoms with E-state index in [9.17, 15) is 9.59 Å². The molecular formula is C12H12ClN3O2. The highest BCUT2D eigenvalue weighted by Crippen LogP contribution is 2.12. The van der Waals surface area contributed by atoms with Gasteiger partial charge in [-0.2, -0.15) is 5.26 Å². The van der Waals surface area contributed by atoms with Crippen molar-refractivity contribution in [2.24, 2.45) is 5.92 Å². The number of halogens is 1. The highest BCUT2D eigenvalue weighted by atomic mass is 35.5. The summed E-state index contributed by atoms with van der Waals surface area (Å²) in [6.45, 7) is 3.50. The second-order valence-corrected chi connectivity index (χ2v) is 4.34. The molecule has 0 saturated carbocycles. The maximum atomic E-state index is 12.0. The number of nitrogens with zero attached hydrogens (tertiary/aromatic N) is 2. The molecule has 18 heavy (non-hydrogen) atoms. The van der Waals surface area contributed by atoms with Gasteiger partial charge in [0.2, 0.25) is 5.91 Å². The highest BCUT2D eigenvalue weighted by molar-refractivity contribution is 6.29. The van der Waals surface area contributed by atoms with Crippen LogP contribution in [0.5, 0.6) is 0 Å². The molecule has 5 nitrogen and oxygen atoms in total. The minimum Gasteiger partial charge on any atom is -0.352 e. The lowest BCUT2D eigenvalue weighted by atomic mass is 9.98. The third kappa shape index (κ3) is 3.54. The Kier molecular flexibility index (Phi) is 4.81. The van der Waals surface area contributed by atoms with Crippen molar-refractivity contribution in [3.05, 3.63) is 29.0 Å². The predicted octanol–water partition coefficient (Wildman–Crippen LogP) is 1.58. The van der Waals surface area contributed by atoms with E-state index in [0.29, 0.717) is 0 Å². The monoisotopic (exact) mass is 265 g/mol. The Hall–Kier alpha value is -1.93. The van der Waals surface area contributed by atoms with Gasteiger partial charge in [0.15, 0.2) is 11.7 Å². The molecule has 1 amide bonds. The largest absolute Gasteiger partial charge is 0.352 e. The number of rotatable bonds is 4. The molecule has 94 valence electrons. The second-order valence-electron chi connectivity index (χ2n) is 3.96. The summed E-state index contributed by atoms with van der Waals surface area (Å²) < 4.78 is 0. The van der Waals surface area contributed by atoms with E-state index in [2.05, 4.69) is 10.3 Å². The lowest BCUT2D eigenvalue weighted by Gasteiger charge is -2.11. The minimum atomic E-state index is -1.37. The minimum absolute atomic E-state index is 0.137. The van der Waals surface area contributed by atoms with E-state index in [1.54, 1.807) is 19.9 Å². The van der Waals surface area contributed by atoms with Crippen LogP contribution in [0, 0.1) is 17.2 Å². The van der Waals surface area contributed by atoms with Crippen LogP contribution in [0.1, 0.15) is 24.2 Å². The van der Waals surface area contributed by atoms with Crippen LogP contribution < -0.4 is 5.32 Å². The average Bonchev–Trinajstić information content (AvgIpc) is 2.28. The van der Waals surface area contributed by atoms with Gasteiger partial charge in [0, 0.05) is 17.8 Å². The number of aromatic nitrogens is 1. The number of ketones is 1. The summed E-state index contributed by atoms with van der Waals surface area (Å²) in [6.07, 6.45) is 1.35. The predicted molar refractivity (Wildman–Crippen MR) is 66.0 cm³/mol. The SMILES string of the molecule is CC(C)NC(=O)C(C#N)C(=O)c1ccnc(Cl)c1. The number of Topliss-reactive ketones (excluding diaryl/α,β-unsaturated/α-hetero) is 1. The zero-order chi connectivity index (χ0) is 13.7. The van der Waals surface area contributed by atoms with Crippen LogP contribution >= 0.6 is 11.6 Å². The molecule has 1 rings (SSSR count). The van der Waals surface area contributed by atoms with Crippen LogP contribution in [-0.4, -0.2) is 22.7 Å². The molecule has 1 N–H and O–H groups in total. The van der Waals surface area contributed by atoms with Gasteiger partial charge >= 0.3 is 0 Å². The van der Waals surface area contributed by atoms with E-state index >= 15 is 0 Å². The number of carbonyl (C=O) groups is 2. The van der Waals surface area contributed by atoms with Gasteiger partial charge in [-0.25, -0.2) is 4.98 Å². The first-order chi connectivity index (χ1) is 8.45. The molecule has 0 spiro atoms. The van der Waals surface area contributed by atoms with E-state index in [0.717, 1.165) is 0 Å². The van der Waals surface area contributed by atoms with Crippen LogP contribution in [0.25, 0.3) is 0 Å². The molecule has 0 aliphatic rings. The molecule has 1 unspecified atom stereocenters. The molecule has 6 heteroatoms. The Balaban J connectivity index is 2.93. The normalized spacial score (nSPS) is 11.7. The number of amides is 1. The van der Waals surface area contributed by atoms with Crippen molar-refractivity contribution in [2.75, 3.05) is 0 Å². The molecule has 0 fully saturated rings. The fourth-order valence-corrected chi connectivity index (χ4v) is 1.50. The van der Waals surface area contributed by atoms with Crippen molar-refractivity contribution in [1.29, 1.82) is 5.26 Å². The van der Waals surface area contributed by atoms with E-state index in [4.69, 9.17) is 16.9 Å². The molecule has 1 aromatic heterocycles. The van der Waals surface area contributed by atoms with Gasteiger partial charge < -0.3 is 5.32 Å². The zero-order valence-corrected chi connectivity index (χ0v) is 10.7. The Morgan fingerprint density at radius 1 is 1.50 bits per heavy atom. The summed E-state index contributed by atoms with van der Waals surface area (Å²) in [5.74, 6) is -2.56. The maximum absolute atomic E-state index is 12.0. The summed E-state index contributed by atoms with van der Waals surface area (Å²) in [6, 6.07) is 4.31. The summed E-state index contributed by atoms with van der Waals surface area (Å²) in [4.78, 5) is 27.4. The van der Waals surface area contributed by atoms with Crippen molar-refractivity contribution in [3.8, 4) is 6.07 Å². The Morgan fingerprint density at radius 3 is 2.67 bits per heavy atom. The van der Waals surface area contributed by atoms with Crippen LogP contribution in [0.2, 0.25) is 5.15 Å². The van der Waals surface area contributed by atoms with Gasteiger partial charge in [-0.1, -0.05) is 11.6 Å². The van der Waals surface area contributed by atoms with Crippen molar-refractivity contribution in [1.82, 2.24) is 10.3 Å². The number of hydrogen-bond donors (Lipinski definition) is 1. The fraction of sp³-hybridized carbons (Fsp3) is 0.333. The fourth-order valence-electron chi connectivity index (χ4n) is 1.33. The molecule has 0 aliphatic carbocycles. The quantitative estimate of drug-likeness (QED) is 0.509. The van der Waals surface area contributed by atoms with Gasteiger partial charge in [-0.05, 0) is 26.0 Å². The molecule has 0 aromatic carbocycles. The van der Waals surface area contributed by atoms with Gasteiger partial charge in [0.25, 0.3) is 0 Å². The third-order valence-electron chi connectivity index (χ3n) is 2.10. The summed E-state index contributed by atoms with van der Waals surface area (Å²) in [5.41, 5.74) is 0.195. The molecule has 0 radical (unpaired) electrons. The smallest absolute Gasteiger partial charge is 0.245 e. The van der Waals surface area contributed by atoms with Crippen LogP contribution in [0.15, 0.2) is 18.3 Å². The zero-order valence-electron chi connectivity index (χ0n) is 9.98. The van der Waals surface area contributed by atoms with Crippen molar-refractivity contribution in [2.45, 2.75) is 19.9 Å². The summed E-state index contributed by atoms with van der Waals surface area (Å²) in [7, 11) is 0. The molecule has 0 bridgehead atoms. The standard InChI is InChI=1S/C12H12ClN3O2/c1-7(2)16-12(18)9(6-14)11(17)8-3-4-15-10(13)5-8/h3-5,7,9H,1-2H3,(H,16,18). The van der Waals surface area contributed by atoms with Crippen LogP contribution in [0.4, 0.5) is 0 Å². The van der Waals surface area contributed by atoms with Gasteiger partial charge in [-0.15, -0.1) is 0 Å². The Bertz CT molecular complexity index is 508. The highest BCUT2D eigenvalue weighted by Gasteiger charge is 2.27. The number of nitrogens with one attached hydrogen (secondary N) is 1. The second kappa shape index (κ2) is 6.12. The Morgan fingerprint density at radius 2 is 2.17 bits per heavy atom. The summed E-state index contributed by atoms with van der Waals surface area (Å²) >= 11 is 5.65. The third-order valence-corrected chi connectivity index (χ3v) is 2.30. The number of carbonyl (C=O) groups excluding carboxylic acids is 2. The van der Waals surface area contributed by atoms with E-state index in [1.807, 2.05) is 0 Å². The van der Waals surface area contributed by atoms with Gasteiger partial charge in [0.05, 0.1) is 6.07 Å². The topological polar surface area (TPSA) is 82.9 Å². The maximum Gasteiger partial charge on any atom is 0.245 e. The van der Waals surface area contributed by atoms with Crippen molar-refractivity contribution < 1.29 is 9.59 Å². The lowest BCUT2D eigenvalue weighted by Crippen LogP contribution is -2.38. The summed E-state index contributed by atoms with van der Waals surface area (Å²) in [5, 5.41) is 11.6. The van der Waals surface area contributed by atoms with Gasteiger partial charge in [0.1, 0.15) is 5.15 Å². The van der Waals surface area contributed by atoms with Gasteiger partial charge in [-0.3, -0.25) is 9.59 Å². The van der Waals surface area contributed by atoms with E-state index in [1.165, 1.54) is 18.3 Å². The lowest BCUT2D eigenvalue weighted by molar-refractivity contribution is -0.122. The molecular weight excluding hydrogens is 254 g/mol. The molecule has 1 heterocycles. The van der Waals surface area contributed by atoms with Crippen LogP contribution in [0.3, 0.4) is 0 Å². The van der Waals surface area contributed by atoms with Crippen molar-refractivity contribution >= 4 is 23.3 Å². The Labute approximate surface area is 110 Å². The first kappa shape index (κ1) is 14.1. The first-order valence-electron chi connectivity index (χ1n) is 5.31. The number of hydrogen-bond acceptors (Lipinski definition) is 4. The molecule has 1 atom stereocenters. The molecule has 0 saturated heterocycles. The van der Waals surface area contributed by atoms with E-state index < -0.39 is 17.6 Å². The number of nitriles is 1. The average molecular weight is 266 g/mol. The van der Waals surface area contributed by atoms with Crippen LogP contribution in [-0.2, 0) is 4.79 Å². The number of pyridine rings is 1.